The maximum absolute atomic E-state index is 3.52. The van der Waals surface area contributed by atoms with Gasteiger partial charge >= 0.3 is 0 Å². The minimum Gasteiger partial charge on any atom is -0.303 e. The topological polar surface area (TPSA) is 12.0 Å². The predicted molar refractivity (Wildman–Crippen MR) is 43.9 cm³/mol. The molecule has 1 N–H and O–H groups in total. The minimum absolute atomic E-state index is 0.302. The van der Waals surface area contributed by atoms with Crippen LogP contribution in [0.3, 0.4) is 0 Å². The van der Waals surface area contributed by atoms with Crippen LogP contribution in [0.25, 0.3) is 0 Å². The van der Waals surface area contributed by atoms with Crippen LogP contribution in [0.2, 0.25) is 0 Å². The van der Waals surface area contributed by atoms with Crippen LogP contribution < -0.4 is 5.32 Å². The summed E-state index contributed by atoms with van der Waals surface area (Å²) < 4.78 is 0. The first kappa shape index (κ1) is 5.78. The van der Waals surface area contributed by atoms with Gasteiger partial charge in [-0.2, -0.15) is 0 Å². The number of hydrogen-bond donors (Lipinski definition) is 1. The van der Waals surface area contributed by atoms with Crippen LogP contribution in [-0.2, 0) is 12.1 Å². The molecule has 11 heavy (non-hydrogen) atoms. The number of nitrogens with one attached hydrogen (secondary N) is 1. The van der Waals surface area contributed by atoms with Crippen LogP contribution in [0.1, 0.15) is 17.5 Å². The molecule has 2 aliphatic rings. The molecule has 0 aromatic heterocycles. The van der Waals surface area contributed by atoms with Crippen LogP contribution in [0, 0.1) is 6.42 Å². The molecule has 1 unspecified atom stereocenters. The van der Waals surface area contributed by atoms with E-state index in [0.717, 1.165) is 6.54 Å². The molecule has 1 nitrogen and oxygen atoms in total. The van der Waals surface area contributed by atoms with Crippen molar-refractivity contribution in [3.05, 3.63) is 41.8 Å². The summed E-state index contributed by atoms with van der Waals surface area (Å²) in [5.41, 5.74) is 3.28. The summed E-state index contributed by atoms with van der Waals surface area (Å²) in [4.78, 5) is 0. The predicted octanol–water partition coefficient (Wildman–Crippen LogP) is 1.59. The van der Waals surface area contributed by atoms with Gasteiger partial charge in [0, 0.05) is 12.1 Å². The lowest BCUT2D eigenvalue weighted by Gasteiger charge is -2.06. The molecule has 55 valence electrons. The van der Waals surface area contributed by atoms with Crippen LogP contribution in [0.5, 0.6) is 0 Å². The smallest absolute Gasteiger partial charge is 0.0476 e. The lowest BCUT2D eigenvalue weighted by atomic mass is 10.0. The Balaban J connectivity index is 2.21. The molecule has 1 aliphatic heterocycles. The number of rotatable bonds is 0. The van der Waals surface area contributed by atoms with Crippen molar-refractivity contribution in [3.63, 3.8) is 0 Å². The standard InChI is InChI=1S/C10H10N/c1-2-4-9-8(3-1)7-11-10(9)5-6-10/h1-5,11H,6-7H2. The van der Waals surface area contributed by atoms with E-state index in [1.165, 1.54) is 17.5 Å². The van der Waals surface area contributed by atoms with Crippen molar-refractivity contribution in [2.75, 3.05) is 0 Å². The third-order valence-electron chi connectivity index (χ3n) is 2.70. The second-order valence-corrected chi connectivity index (χ2v) is 3.39. The highest BCUT2D eigenvalue weighted by atomic mass is 15.0. The van der Waals surface area contributed by atoms with Crippen molar-refractivity contribution in [1.29, 1.82) is 0 Å². The Morgan fingerprint density at radius 1 is 1.27 bits per heavy atom. The highest BCUT2D eigenvalue weighted by Crippen LogP contribution is 2.48. The van der Waals surface area contributed by atoms with Gasteiger partial charge in [0.2, 0.25) is 0 Å². The molecule has 1 atom stereocenters. The number of hydrogen-bond acceptors (Lipinski definition) is 1. The molecule has 1 aliphatic carbocycles. The van der Waals surface area contributed by atoms with Gasteiger partial charge in [0.05, 0.1) is 0 Å². The summed E-state index contributed by atoms with van der Waals surface area (Å²) in [6, 6.07) is 8.68. The molecule has 1 aromatic rings. The molecular weight excluding hydrogens is 134 g/mol. The molecule has 1 radical (unpaired) electrons. The Bertz CT molecular complexity index is 299. The highest BCUT2D eigenvalue weighted by Gasteiger charge is 2.48. The van der Waals surface area contributed by atoms with Gasteiger partial charge in [0.15, 0.2) is 0 Å². The van der Waals surface area contributed by atoms with E-state index < -0.39 is 0 Å². The van der Waals surface area contributed by atoms with Crippen LogP contribution in [-0.4, -0.2) is 0 Å². The summed E-state index contributed by atoms with van der Waals surface area (Å²) in [5, 5.41) is 3.52. The highest BCUT2D eigenvalue weighted by molar-refractivity contribution is 5.46. The summed E-state index contributed by atoms with van der Waals surface area (Å²) in [7, 11) is 0. The van der Waals surface area contributed by atoms with Gasteiger partial charge in [0.1, 0.15) is 0 Å². The largest absolute Gasteiger partial charge is 0.303 e. The van der Waals surface area contributed by atoms with E-state index in [9.17, 15) is 0 Å². The molecule has 1 heteroatoms. The van der Waals surface area contributed by atoms with Gasteiger partial charge in [0.25, 0.3) is 0 Å². The molecule has 1 fully saturated rings. The van der Waals surface area contributed by atoms with E-state index in [1.807, 2.05) is 0 Å². The fraction of sp³-hybridized carbons (Fsp3) is 0.300. The number of benzene rings is 1. The Morgan fingerprint density at radius 2 is 2.09 bits per heavy atom. The van der Waals surface area contributed by atoms with Gasteiger partial charge in [-0.25, -0.2) is 0 Å². The molecule has 0 saturated heterocycles. The fourth-order valence-electron chi connectivity index (χ4n) is 1.92. The average molecular weight is 144 g/mol. The summed E-state index contributed by atoms with van der Waals surface area (Å²) in [6.45, 7) is 1.05. The molecule has 1 saturated carbocycles. The molecule has 0 amide bonds. The lowest BCUT2D eigenvalue weighted by Crippen LogP contribution is -2.19. The monoisotopic (exact) mass is 144 g/mol. The molecule has 1 aromatic carbocycles. The quantitative estimate of drug-likeness (QED) is 0.583. The van der Waals surface area contributed by atoms with Crippen molar-refractivity contribution in [2.24, 2.45) is 0 Å². The van der Waals surface area contributed by atoms with Crippen molar-refractivity contribution < 1.29 is 0 Å². The van der Waals surface area contributed by atoms with Crippen molar-refractivity contribution in [3.8, 4) is 0 Å². The van der Waals surface area contributed by atoms with Gasteiger partial charge in [-0.1, -0.05) is 24.3 Å². The first-order valence-corrected chi connectivity index (χ1v) is 4.08. The maximum atomic E-state index is 3.52. The van der Waals surface area contributed by atoms with Crippen molar-refractivity contribution >= 4 is 0 Å². The zero-order valence-corrected chi connectivity index (χ0v) is 6.30. The maximum Gasteiger partial charge on any atom is 0.0476 e. The van der Waals surface area contributed by atoms with Crippen LogP contribution in [0.15, 0.2) is 24.3 Å². The second-order valence-electron chi connectivity index (χ2n) is 3.39. The minimum atomic E-state index is 0.302. The first-order valence-electron chi connectivity index (χ1n) is 4.08. The Labute approximate surface area is 66.4 Å². The zero-order valence-electron chi connectivity index (χ0n) is 6.30. The SMILES string of the molecule is [CH]1CC12NCc1ccccc12. The number of fused-ring (bicyclic) bond motifs is 2. The fourth-order valence-corrected chi connectivity index (χ4v) is 1.92. The van der Waals surface area contributed by atoms with Gasteiger partial charge in [-0.15, -0.1) is 0 Å². The summed E-state index contributed by atoms with van der Waals surface area (Å²) >= 11 is 0. The third-order valence-corrected chi connectivity index (χ3v) is 2.70. The Morgan fingerprint density at radius 3 is 2.91 bits per heavy atom. The van der Waals surface area contributed by atoms with Gasteiger partial charge < -0.3 is 5.32 Å². The van der Waals surface area contributed by atoms with Gasteiger partial charge in [-0.05, 0) is 24.0 Å². The summed E-state index contributed by atoms with van der Waals surface area (Å²) in [5.74, 6) is 0. The van der Waals surface area contributed by atoms with E-state index in [0.29, 0.717) is 5.54 Å². The summed E-state index contributed by atoms with van der Waals surface area (Å²) in [6.07, 6.45) is 3.56. The van der Waals surface area contributed by atoms with Crippen molar-refractivity contribution in [2.45, 2.75) is 18.5 Å². The lowest BCUT2D eigenvalue weighted by molar-refractivity contribution is 0.595. The normalized spacial score (nSPS) is 23.6. The Kier molecular flexibility index (Phi) is 0.878. The van der Waals surface area contributed by atoms with Gasteiger partial charge in [-0.3, -0.25) is 0 Å². The van der Waals surface area contributed by atoms with Crippen LogP contribution >= 0.6 is 0 Å². The van der Waals surface area contributed by atoms with E-state index in [4.69, 9.17) is 0 Å². The molecule has 0 bridgehead atoms. The zero-order chi connectivity index (χ0) is 7.31. The molecular formula is C10H10N. The van der Waals surface area contributed by atoms with Crippen molar-refractivity contribution in [1.82, 2.24) is 5.32 Å². The second kappa shape index (κ2) is 1.67. The van der Waals surface area contributed by atoms with E-state index in [-0.39, 0.29) is 0 Å². The molecule has 3 rings (SSSR count). The average Bonchev–Trinajstić information content (AvgIpc) is 2.72. The van der Waals surface area contributed by atoms with E-state index in [2.05, 4.69) is 36.0 Å². The molecule has 1 heterocycles. The Hall–Kier alpha value is -0.820. The third kappa shape index (κ3) is 0.641. The van der Waals surface area contributed by atoms with E-state index >= 15 is 0 Å². The van der Waals surface area contributed by atoms with Crippen LogP contribution in [0.4, 0.5) is 0 Å². The molecule has 1 spiro atoms. The van der Waals surface area contributed by atoms with E-state index in [1.54, 1.807) is 0 Å². The first-order chi connectivity index (χ1) is 5.41.